The fourth-order valence-electron chi connectivity index (χ4n) is 2.00. The first-order valence-electron chi connectivity index (χ1n) is 6.56. The number of amides is 1. The van der Waals surface area contributed by atoms with Crippen molar-refractivity contribution in [1.82, 2.24) is 0 Å². The third-order valence-corrected chi connectivity index (χ3v) is 3.10. The second kappa shape index (κ2) is 6.95. The van der Waals surface area contributed by atoms with E-state index in [4.69, 9.17) is 14.2 Å². The molecular weight excluding hydrogens is 308 g/mol. The van der Waals surface area contributed by atoms with Gasteiger partial charge in [-0.1, -0.05) is 0 Å². The van der Waals surface area contributed by atoms with Crippen LogP contribution in [0.3, 0.4) is 0 Å². The van der Waals surface area contributed by atoms with Crippen molar-refractivity contribution in [3.05, 3.63) is 47.5 Å². The van der Waals surface area contributed by atoms with Crippen molar-refractivity contribution in [3.63, 3.8) is 0 Å². The molecule has 5 nitrogen and oxygen atoms in total. The van der Waals surface area contributed by atoms with Crippen molar-refractivity contribution < 1.29 is 27.8 Å². The topological polar surface area (TPSA) is 56.8 Å². The van der Waals surface area contributed by atoms with E-state index in [9.17, 15) is 13.6 Å². The summed E-state index contributed by atoms with van der Waals surface area (Å²) in [7, 11) is 4.25. The lowest BCUT2D eigenvalue weighted by Crippen LogP contribution is -2.14. The summed E-state index contributed by atoms with van der Waals surface area (Å²) in [6.45, 7) is 0. The Labute approximate surface area is 131 Å². The van der Waals surface area contributed by atoms with Crippen LogP contribution < -0.4 is 19.5 Å². The summed E-state index contributed by atoms with van der Waals surface area (Å²) in [5.41, 5.74) is -0.119. The van der Waals surface area contributed by atoms with Gasteiger partial charge in [0.05, 0.1) is 27.0 Å². The predicted molar refractivity (Wildman–Crippen MR) is 80.4 cm³/mol. The van der Waals surface area contributed by atoms with Crippen molar-refractivity contribution in [3.8, 4) is 17.2 Å². The zero-order valence-electron chi connectivity index (χ0n) is 12.8. The molecule has 0 bridgehead atoms. The van der Waals surface area contributed by atoms with E-state index in [0.29, 0.717) is 5.75 Å². The maximum Gasteiger partial charge on any atom is 0.256 e. The fraction of sp³-hybridized carbons (Fsp3) is 0.188. The molecule has 0 heterocycles. The van der Waals surface area contributed by atoms with Crippen molar-refractivity contribution in [2.24, 2.45) is 0 Å². The molecule has 0 aromatic heterocycles. The molecule has 0 saturated carbocycles. The number of nitrogens with one attached hydrogen (secondary N) is 1. The van der Waals surface area contributed by atoms with E-state index in [0.717, 1.165) is 18.2 Å². The number of ether oxygens (including phenoxy) is 3. The maximum atomic E-state index is 13.6. The maximum absolute atomic E-state index is 13.6. The molecule has 2 aromatic carbocycles. The van der Waals surface area contributed by atoms with E-state index >= 15 is 0 Å². The zero-order chi connectivity index (χ0) is 17.0. The van der Waals surface area contributed by atoms with Crippen LogP contribution in [0.15, 0.2) is 30.3 Å². The second-order valence-electron chi connectivity index (χ2n) is 4.49. The quantitative estimate of drug-likeness (QED) is 0.918. The summed E-state index contributed by atoms with van der Waals surface area (Å²) in [6.07, 6.45) is 0. The number of hydrogen-bond donors (Lipinski definition) is 1. The van der Waals surface area contributed by atoms with Crippen LogP contribution in [0.5, 0.6) is 17.2 Å². The first-order chi connectivity index (χ1) is 11.0. The molecule has 0 saturated heterocycles. The van der Waals surface area contributed by atoms with Gasteiger partial charge in [-0.15, -0.1) is 0 Å². The molecule has 23 heavy (non-hydrogen) atoms. The normalized spacial score (nSPS) is 10.1. The molecule has 1 amide bonds. The van der Waals surface area contributed by atoms with Crippen LogP contribution in [-0.4, -0.2) is 27.2 Å². The van der Waals surface area contributed by atoms with E-state index < -0.39 is 17.5 Å². The highest BCUT2D eigenvalue weighted by molar-refractivity contribution is 6.05. The smallest absolute Gasteiger partial charge is 0.256 e. The number of hydrogen-bond acceptors (Lipinski definition) is 4. The minimum absolute atomic E-state index is 0.142. The third kappa shape index (κ3) is 3.50. The van der Waals surface area contributed by atoms with Crippen LogP contribution in [-0.2, 0) is 0 Å². The summed E-state index contributed by atoms with van der Waals surface area (Å²) in [4.78, 5) is 12.3. The Morgan fingerprint density at radius 2 is 1.57 bits per heavy atom. The molecule has 0 aliphatic carbocycles. The number of methoxy groups -OCH3 is 3. The van der Waals surface area contributed by atoms with Gasteiger partial charge in [-0.05, 0) is 24.3 Å². The highest BCUT2D eigenvalue weighted by Gasteiger charge is 2.18. The van der Waals surface area contributed by atoms with Gasteiger partial charge in [-0.3, -0.25) is 4.79 Å². The largest absolute Gasteiger partial charge is 0.493 e. The van der Waals surface area contributed by atoms with E-state index in [-0.39, 0.29) is 22.7 Å². The Bertz CT molecular complexity index is 709. The standard InChI is InChI=1S/C16H15F2NO4/c1-21-13-6-9(7-14(22-2)15(13)23-3)16(20)19-12-8-10(17)4-5-11(12)18/h4-8H,1-3H3,(H,19,20). The molecule has 0 aliphatic rings. The van der Waals surface area contributed by atoms with Crippen molar-refractivity contribution in [2.45, 2.75) is 0 Å². The summed E-state index contributed by atoms with van der Waals surface area (Å²) < 4.78 is 42.2. The average molecular weight is 323 g/mol. The third-order valence-electron chi connectivity index (χ3n) is 3.10. The number of anilines is 1. The van der Waals surface area contributed by atoms with E-state index in [1.807, 2.05) is 0 Å². The van der Waals surface area contributed by atoms with E-state index in [1.165, 1.54) is 33.5 Å². The molecule has 0 unspecified atom stereocenters. The zero-order valence-corrected chi connectivity index (χ0v) is 12.8. The lowest BCUT2D eigenvalue weighted by Gasteiger charge is -2.14. The Balaban J connectivity index is 2.37. The minimum atomic E-state index is -0.743. The molecule has 0 radical (unpaired) electrons. The minimum Gasteiger partial charge on any atom is -0.493 e. The highest BCUT2D eigenvalue weighted by atomic mass is 19.1. The highest BCUT2D eigenvalue weighted by Crippen LogP contribution is 2.38. The van der Waals surface area contributed by atoms with Gasteiger partial charge in [-0.25, -0.2) is 8.78 Å². The molecule has 7 heteroatoms. The summed E-state index contributed by atoms with van der Waals surface area (Å²) in [6, 6.07) is 5.61. The lowest BCUT2D eigenvalue weighted by molar-refractivity contribution is 0.102. The van der Waals surface area contributed by atoms with Crippen molar-refractivity contribution >= 4 is 11.6 Å². The Kier molecular flexibility index (Phi) is 5.00. The van der Waals surface area contributed by atoms with Crippen LogP contribution in [0.25, 0.3) is 0 Å². The van der Waals surface area contributed by atoms with Gasteiger partial charge in [0.15, 0.2) is 11.5 Å². The Morgan fingerprint density at radius 3 is 2.09 bits per heavy atom. The van der Waals surface area contributed by atoms with Gasteiger partial charge < -0.3 is 19.5 Å². The summed E-state index contributed by atoms with van der Waals surface area (Å²) in [5, 5.41) is 2.30. The average Bonchev–Trinajstić information content (AvgIpc) is 2.56. The molecule has 0 fully saturated rings. The molecular formula is C16H15F2NO4. The molecule has 2 aromatic rings. The van der Waals surface area contributed by atoms with E-state index in [2.05, 4.69) is 5.32 Å². The van der Waals surface area contributed by atoms with Crippen LogP contribution >= 0.6 is 0 Å². The number of carbonyl (C=O) groups is 1. The Hall–Kier alpha value is -2.83. The van der Waals surface area contributed by atoms with Gasteiger partial charge in [0.1, 0.15) is 11.6 Å². The van der Waals surface area contributed by atoms with Gasteiger partial charge in [0.25, 0.3) is 5.91 Å². The first kappa shape index (κ1) is 16.5. The molecule has 1 N–H and O–H groups in total. The SMILES string of the molecule is COc1cc(C(=O)Nc2cc(F)ccc2F)cc(OC)c1OC. The molecule has 122 valence electrons. The number of rotatable bonds is 5. The molecule has 0 spiro atoms. The molecule has 0 aliphatic heterocycles. The summed E-state index contributed by atoms with van der Waals surface area (Å²) in [5.74, 6) is -1.18. The number of benzene rings is 2. The van der Waals surface area contributed by atoms with Crippen LogP contribution in [0, 0.1) is 11.6 Å². The second-order valence-corrected chi connectivity index (χ2v) is 4.49. The summed E-state index contributed by atoms with van der Waals surface area (Å²) >= 11 is 0. The van der Waals surface area contributed by atoms with Gasteiger partial charge in [-0.2, -0.15) is 0 Å². The monoisotopic (exact) mass is 323 g/mol. The number of carbonyl (C=O) groups excluding carboxylic acids is 1. The lowest BCUT2D eigenvalue weighted by atomic mass is 10.1. The predicted octanol–water partition coefficient (Wildman–Crippen LogP) is 3.24. The van der Waals surface area contributed by atoms with Gasteiger partial charge in [0, 0.05) is 11.6 Å². The number of halogens is 2. The molecule has 2 rings (SSSR count). The molecule has 0 atom stereocenters. The van der Waals surface area contributed by atoms with Gasteiger partial charge in [0.2, 0.25) is 5.75 Å². The van der Waals surface area contributed by atoms with Crippen LogP contribution in [0.4, 0.5) is 14.5 Å². The van der Waals surface area contributed by atoms with E-state index in [1.54, 1.807) is 0 Å². The van der Waals surface area contributed by atoms with Crippen molar-refractivity contribution in [2.75, 3.05) is 26.6 Å². The fourth-order valence-corrected chi connectivity index (χ4v) is 2.00. The Morgan fingerprint density at radius 1 is 0.957 bits per heavy atom. The first-order valence-corrected chi connectivity index (χ1v) is 6.56. The van der Waals surface area contributed by atoms with Crippen LogP contribution in [0.2, 0.25) is 0 Å². The van der Waals surface area contributed by atoms with Gasteiger partial charge >= 0.3 is 0 Å². The van der Waals surface area contributed by atoms with Crippen LogP contribution in [0.1, 0.15) is 10.4 Å². The van der Waals surface area contributed by atoms with Crippen molar-refractivity contribution in [1.29, 1.82) is 0 Å².